The highest BCUT2D eigenvalue weighted by Crippen LogP contribution is 2.19. The summed E-state index contributed by atoms with van der Waals surface area (Å²) >= 11 is 0. The number of rotatable bonds is 9. The van der Waals surface area contributed by atoms with Crippen LogP contribution in [0.4, 0.5) is 5.69 Å². The Hall–Kier alpha value is -5.71. The van der Waals surface area contributed by atoms with E-state index in [0.717, 1.165) is 41.0 Å². The number of nitrogens with zero attached hydrogens (tertiary/aromatic N) is 6. The molecule has 0 aliphatic heterocycles. The van der Waals surface area contributed by atoms with Crippen LogP contribution in [0.3, 0.4) is 0 Å². The third kappa shape index (κ3) is 7.92. The van der Waals surface area contributed by atoms with Crippen molar-refractivity contribution in [2.45, 2.75) is 19.8 Å². The Balaban J connectivity index is 0.000000168. The quantitative estimate of drug-likeness (QED) is 0.202. The van der Waals surface area contributed by atoms with Gasteiger partial charge in [-0.1, -0.05) is 60.2 Å². The predicted molar refractivity (Wildman–Crippen MR) is 159 cm³/mol. The average Bonchev–Trinajstić information content (AvgIpc) is 3.78. The third-order valence-electron chi connectivity index (χ3n) is 6.24. The molecule has 2 heterocycles. The number of benzene rings is 4. The van der Waals surface area contributed by atoms with Crippen molar-refractivity contribution in [1.29, 1.82) is 0 Å². The topological polar surface area (TPSA) is 147 Å². The largest absolute Gasteiger partial charge is 0.494 e. The van der Waals surface area contributed by atoms with Crippen LogP contribution in [0.1, 0.15) is 27.9 Å². The smallest absolute Gasteiger partial charge is 0.255 e. The van der Waals surface area contributed by atoms with Gasteiger partial charge in [0.15, 0.2) is 0 Å². The van der Waals surface area contributed by atoms with Gasteiger partial charge in [0.25, 0.3) is 5.91 Å². The highest BCUT2D eigenvalue weighted by molar-refractivity contribution is 6.04. The van der Waals surface area contributed by atoms with E-state index in [-0.39, 0.29) is 5.91 Å². The summed E-state index contributed by atoms with van der Waals surface area (Å²) in [6, 6.07) is 32.8. The van der Waals surface area contributed by atoms with Gasteiger partial charge in [-0.25, -0.2) is 0 Å². The van der Waals surface area contributed by atoms with Gasteiger partial charge in [-0.3, -0.25) is 4.79 Å². The van der Waals surface area contributed by atoms with Crippen LogP contribution in [0.25, 0.3) is 22.8 Å². The van der Waals surface area contributed by atoms with Crippen LogP contribution in [0.5, 0.6) is 5.75 Å². The molecule has 3 N–H and O–H groups in total. The predicted octanol–water partition coefficient (Wildman–Crippen LogP) is 5.31. The van der Waals surface area contributed by atoms with E-state index < -0.39 is 0 Å². The van der Waals surface area contributed by atoms with Crippen LogP contribution < -0.4 is 10.1 Å². The van der Waals surface area contributed by atoms with Crippen molar-refractivity contribution in [3.63, 3.8) is 0 Å². The zero-order valence-electron chi connectivity index (χ0n) is 22.9. The lowest BCUT2D eigenvalue weighted by Gasteiger charge is -2.06. The molecule has 0 aliphatic rings. The molecule has 6 rings (SSSR count). The van der Waals surface area contributed by atoms with E-state index in [1.807, 2.05) is 61.5 Å². The van der Waals surface area contributed by atoms with Gasteiger partial charge in [-0.2, -0.15) is 10.4 Å². The number of aromatic amines is 2. The molecule has 42 heavy (non-hydrogen) atoms. The number of aryl methyl sites for hydroxylation is 2. The molecule has 0 spiro atoms. The molecule has 0 aliphatic carbocycles. The summed E-state index contributed by atoms with van der Waals surface area (Å²) in [6.07, 6.45) is 2.03. The minimum atomic E-state index is -0.154. The molecule has 0 radical (unpaired) electrons. The lowest BCUT2D eigenvalue weighted by molar-refractivity contribution is 0.102. The van der Waals surface area contributed by atoms with Crippen molar-refractivity contribution in [2.75, 3.05) is 11.9 Å². The maximum Gasteiger partial charge on any atom is 0.255 e. The number of hydrogen-bond acceptors (Lipinski definition) is 8. The van der Waals surface area contributed by atoms with E-state index in [2.05, 4.69) is 70.8 Å². The summed E-state index contributed by atoms with van der Waals surface area (Å²) in [6.45, 7) is 2.71. The zero-order chi connectivity index (χ0) is 29.0. The molecular formula is C31H29N9O2. The second kappa shape index (κ2) is 14.1. The van der Waals surface area contributed by atoms with E-state index in [0.29, 0.717) is 23.8 Å². The minimum absolute atomic E-state index is 0.154. The van der Waals surface area contributed by atoms with Crippen molar-refractivity contribution in [2.24, 2.45) is 0 Å². The third-order valence-corrected chi connectivity index (χ3v) is 6.24. The summed E-state index contributed by atoms with van der Waals surface area (Å²) in [5.41, 5.74) is 5.55. The summed E-state index contributed by atoms with van der Waals surface area (Å²) in [5.74, 6) is 1.79. The molecule has 6 aromatic rings. The Morgan fingerprint density at radius 2 is 1.33 bits per heavy atom. The van der Waals surface area contributed by atoms with Crippen LogP contribution in [0, 0.1) is 6.92 Å². The maximum absolute atomic E-state index is 12.1. The summed E-state index contributed by atoms with van der Waals surface area (Å²) in [5, 5.41) is 30.4. The fourth-order valence-corrected chi connectivity index (χ4v) is 3.99. The van der Waals surface area contributed by atoms with Crippen molar-refractivity contribution in [1.82, 2.24) is 41.2 Å². The number of hydrogen-bond donors (Lipinski definition) is 3. The number of ether oxygens (including phenoxy) is 1. The van der Waals surface area contributed by atoms with E-state index in [4.69, 9.17) is 4.74 Å². The number of nitrogens with one attached hydrogen (secondary N) is 3. The number of tetrazole rings is 2. The molecule has 0 unspecified atom stereocenters. The number of carbonyl (C=O) groups is 1. The molecular weight excluding hydrogens is 530 g/mol. The maximum atomic E-state index is 12.1. The van der Waals surface area contributed by atoms with Gasteiger partial charge in [-0.15, -0.1) is 20.4 Å². The first kappa shape index (κ1) is 27.8. The zero-order valence-corrected chi connectivity index (χ0v) is 22.9. The number of carbonyl (C=O) groups excluding carboxylic acids is 1. The fraction of sp³-hybridized carbons (Fsp3) is 0.129. The van der Waals surface area contributed by atoms with E-state index in [1.165, 1.54) is 5.56 Å². The number of H-pyrrole nitrogens is 2. The van der Waals surface area contributed by atoms with E-state index in [1.54, 1.807) is 24.3 Å². The van der Waals surface area contributed by atoms with E-state index >= 15 is 0 Å². The Bertz CT molecular complexity index is 1640. The highest BCUT2D eigenvalue weighted by Gasteiger charge is 2.08. The van der Waals surface area contributed by atoms with Crippen molar-refractivity contribution >= 4 is 11.6 Å². The first-order chi connectivity index (χ1) is 20.6. The Labute approximate surface area is 242 Å². The van der Waals surface area contributed by atoms with Gasteiger partial charge in [0.1, 0.15) is 5.75 Å². The number of aromatic nitrogens is 8. The van der Waals surface area contributed by atoms with Gasteiger partial charge in [0.05, 0.1) is 6.61 Å². The van der Waals surface area contributed by atoms with Gasteiger partial charge in [0.2, 0.25) is 11.6 Å². The van der Waals surface area contributed by atoms with Crippen LogP contribution in [0.2, 0.25) is 0 Å². The molecule has 0 bridgehead atoms. The first-order valence-electron chi connectivity index (χ1n) is 13.4. The number of anilines is 1. The van der Waals surface area contributed by atoms with Crippen LogP contribution >= 0.6 is 0 Å². The average molecular weight is 560 g/mol. The van der Waals surface area contributed by atoms with Crippen molar-refractivity contribution in [3.05, 3.63) is 120 Å². The van der Waals surface area contributed by atoms with Gasteiger partial charge < -0.3 is 10.1 Å². The molecule has 2 aromatic heterocycles. The summed E-state index contributed by atoms with van der Waals surface area (Å²) in [7, 11) is 0. The molecule has 4 aromatic carbocycles. The SMILES string of the molecule is Cc1ccc(NC(=O)c2ccc(-c3nn[nH]n3)cc2)cc1.c1ccc(CCCOc2ccc(-c3nn[nH]n3)cc2)cc1. The van der Waals surface area contributed by atoms with Crippen LogP contribution in [-0.2, 0) is 6.42 Å². The molecule has 0 fully saturated rings. The summed E-state index contributed by atoms with van der Waals surface area (Å²) < 4.78 is 5.74. The lowest BCUT2D eigenvalue weighted by atomic mass is 10.1. The monoisotopic (exact) mass is 559 g/mol. The van der Waals surface area contributed by atoms with Crippen LogP contribution in [0.15, 0.2) is 103 Å². The van der Waals surface area contributed by atoms with Gasteiger partial charge >= 0.3 is 0 Å². The van der Waals surface area contributed by atoms with Crippen LogP contribution in [-0.4, -0.2) is 53.8 Å². The van der Waals surface area contributed by atoms with Gasteiger partial charge in [0, 0.05) is 22.4 Å². The molecule has 0 saturated heterocycles. The Morgan fingerprint density at radius 3 is 1.90 bits per heavy atom. The normalized spacial score (nSPS) is 10.4. The summed E-state index contributed by atoms with van der Waals surface area (Å²) in [4.78, 5) is 12.1. The first-order valence-corrected chi connectivity index (χ1v) is 13.4. The molecule has 0 saturated carbocycles. The van der Waals surface area contributed by atoms with Crippen molar-refractivity contribution < 1.29 is 9.53 Å². The lowest BCUT2D eigenvalue weighted by Crippen LogP contribution is -2.11. The standard InChI is InChI=1S/C16H16N4O.C15H13N5O/c1-2-5-13(6-3-1)7-4-12-21-15-10-8-14(9-11-15)16-17-19-20-18-16;1-10-2-8-13(9-3-10)16-15(21)12-6-4-11(5-7-12)14-17-19-20-18-14/h1-3,5-6,8-11H,4,7,12H2,(H,17,18,19,20);2-9H,1H3,(H,16,21)(H,17,18,19,20). The Kier molecular flexibility index (Phi) is 9.33. The molecule has 11 heteroatoms. The van der Waals surface area contributed by atoms with E-state index in [9.17, 15) is 4.79 Å². The molecule has 1 amide bonds. The molecule has 11 nitrogen and oxygen atoms in total. The Morgan fingerprint density at radius 1 is 0.738 bits per heavy atom. The molecule has 210 valence electrons. The second-order valence-electron chi connectivity index (χ2n) is 9.33. The highest BCUT2D eigenvalue weighted by atomic mass is 16.5. The van der Waals surface area contributed by atoms with Crippen molar-refractivity contribution in [3.8, 4) is 28.5 Å². The van der Waals surface area contributed by atoms with Gasteiger partial charge in [-0.05, 0) is 84.3 Å². The second-order valence-corrected chi connectivity index (χ2v) is 9.33. The molecule has 0 atom stereocenters. The number of amides is 1. The minimum Gasteiger partial charge on any atom is -0.494 e. The fourth-order valence-electron chi connectivity index (χ4n) is 3.99.